The van der Waals surface area contributed by atoms with Crippen molar-refractivity contribution in [1.29, 1.82) is 0 Å². The summed E-state index contributed by atoms with van der Waals surface area (Å²) in [5.41, 5.74) is 8.60. The first kappa shape index (κ1) is 29.2. The number of fused-ring (bicyclic) bond motifs is 1. The number of ether oxygens (including phenoxy) is 1. The fourth-order valence-electron chi connectivity index (χ4n) is 4.85. The molecule has 2 aliphatic rings. The van der Waals surface area contributed by atoms with Gasteiger partial charge in [-0.05, 0) is 29.5 Å². The van der Waals surface area contributed by atoms with Crippen LogP contribution in [0.3, 0.4) is 0 Å². The lowest BCUT2D eigenvalue weighted by Crippen LogP contribution is -2.42. The molecule has 1 saturated heterocycles. The fourth-order valence-corrected chi connectivity index (χ4v) is 4.85. The smallest absolute Gasteiger partial charge is 0.319 e. The number of hydrogen-bond donors (Lipinski definition) is 8. The van der Waals surface area contributed by atoms with Crippen molar-refractivity contribution < 1.29 is 24.9 Å². The van der Waals surface area contributed by atoms with Crippen LogP contribution < -0.4 is 27.0 Å². The Labute approximate surface area is 228 Å². The number of aromatic nitrogens is 2. The molecule has 1 aromatic heterocycles. The molecule has 13 heteroatoms. The van der Waals surface area contributed by atoms with E-state index in [1.807, 2.05) is 29.2 Å². The highest BCUT2D eigenvalue weighted by Crippen LogP contribution is 2.34. The molecule has 13 nitrogen and oxygen atoms in total. The zero-order valence-corrected chi connectivity index (χ0v) is 22.8. The minimum Gasteiger partial charge on any atom is -0.395 e. The molecule has 9 N–H and O–H groups in total. The van der Waals surface area contributed by atoms with Gasteiger partial charge < -0.3 is 41.7 Å². The van der Waals surface area contributed by atoms with Crippen molar-refractivity contribution in [3.63, 3.8) is 0 Å². The number of benzene rings is 1. The van der Waals surface area contributed by atoms with Crippen molar-refractivity contribution in [2.45, 2.75) is 63.3 Å². The zero-order valence-electron chi connectivity index (χ0n) is 22.8. The Bertz CT molecular complexity index is 1090. The molecule has 0 spiro atoms. The van der Waals surface area contributed by atoms with Gasteiger partial charge in [-0.3, -0.25) is 14.8 Å². The molecule has 1 aromatic carbocycles. The van der Waals surface area contributed by atoms with E-state index in [9.17, 15) is 20.1 Å². The van der Waals surface area contributed by atoms with E-state index in [1.165, 1.54) is 11.9 Å². The number of nitrogens with two attached hydrogens (primary N) is 1. The summed E-state index contributed by atoms with van der Waals surface area (Å²) in [6.07, 6.45) is -2.09. The van der Waals surface area contributed by atoms with Gasteiger partial charge >= 0.3 is 6.03 Å². The third kappa shape index (κ3) is 7.06. The van der Waals surface area contributed by atoms with Crippen molar-refractivity contribution in [2.24, 2.45) is 5.73 Å². The Balaban J connectivity index is 1.25. The molecule has 0 aliphatic carbocycles. The van der Waals surface area contributed by atoms with E-state index in [0.29, 0.717) is 50.8 Å². The van der Waals surface area contributed by atoms with Crippen LogP contribution in [0.2, 0.25) is 0 Å². The number of imidazole rings is 1. The van der Waals surface area contributed by atoms with Crippen LogP contribution >= 0.6 is 0 Å². The number of nitrogens with zero attached hydrogens (tertiary/aromatic N) is 3. The van der Waals surface area contributed by atoms with Gasteiger partial charge in [-0.15, -0.1) is 0 Å². The van der Waals surface area contributed by atoms with Gasteiger partial charge in [0.15, 0.2) is 6.23 Å². The molecule has 216 valence electrons. The normalized spacial score (nSPS) is 24.9. The summed E-state index contributed by atoms with van der Waals surface area (Å²) in [4.78, 5) is 18.6. The summed E-state index contributed by atoms with van der Waals surface area (Å²) in [7, 11) is 0. The summed E-state index contributed by atoms with van der Waals surface area (Å²) in [6.45, 7) is 8.42. The minimum absolute atomic E-state index is 0.0434. The number of urea groups is 1. The third-order valence-electron chi connectivity index (χ3n) is 7.11. The summed E-state index contributed by atoms with van der Waals surface area (Å²) < 4.78 is 7.72. The molecule has 2 aromatic rings. The van der Waals surface area contributed by atoms with E-state index < -0.39 is 30.7 Å². The molecule has 5 atom stereocenters. The maximum Gasteiger partial charge on any atom is 0.319 e. The number of carbonyl (C=O) groups is 1. The fraction of sp³-hybridized carbons (Fsp3) is 0.615. The highest BCUT2D eigenvalue weighted by molar-refractivity contribution is 5.89. The largest absolute Gasteiger partial charge is 0.395 e. The second-order valence-electron chi connectivity index (χ2n) is 11.1. The predicted octanol–water partition coefficient (Wildman–Crippen LogP) is 0.236. The average molecular weight is 547 g/mol. The standard InChI is InChI=1S/C26H42N8O5/c1-26(2,3)16-5-7-17(8-6-16)32-25(38)28-9-4-10-33(11-12-35)13-18-20(36)21(37)24(39-18)34-15-31-19-22(27)29-14-30-23(19)34/h5-8,15,18,20-22,24,29-30,35-37H,4,9-14,27H2,1-3H3,(H2,28,32,38)/t18-,20-,21-,22?,24-/m1/s1. The van der Waals surface area contributed by atoms with E-state index in [1.54, 1.807) is 4.57 Å². The predicted molar refractivity (Wildman–Crippen MR) is 147 cm³/mol. The molecule has 0 saturated carbocycles. The van der Waals surface area contributed by atoms with Gasteiger partial charge in [-0.25, -0.2) is 9.78 Å². The van der Waals surface area contributed by atoms with Crippen LogP contribution in [-0.2, 0) is 10.2 Å². The highest BCUT2D eigenvalue weighted by Gasteiger charge is 2.45. The van der Waals surface area contributed by atoms with Gasteiger partial charge in [-0.1, -0.05) is 32.9 Å². The van der Waals surface area contributed by atoms with Gasteiger partial charge in [0.25, 0.3) is 0 Å². The Hall–Kier alpha value is -2.78. The SMILES string of the molecule is CC(C)(C)c1ccc(NC(=O)NCCCN(CCO)C[C@H]2O[C@@H](n3cnc4c3NCNC4N)[C@H](O)[C@@H]2O)cc1. The number of aliphatic hydroxyl groups excluding tert-OH is 3. The molecule has 3 heterocycles. The molecule has 0 radical (unpaired) electrons. The molecule has 0 bridgehead atoms. The van der Waals surface area contributed by atoms with Crippen molar-refractivity contribution in [1.82, 2.24) is 25.1 Å². The van der Waals surface area contributed by atoms with Crippen LogP contribution in [0.5, 0.6) is 0 Å². The quantitative estimate of drug-likeness (QED) is 0.192. The molecule has 4 rings (SSSR count). The number of anilines is 2. The van der Waals surface area contributed by atoms with Gasteiger partial charge in [0.2, 0.25) is 0 Å². The Kier molecular flexibility index (Phi) is 9.43. The highest BCUT2D eigenvalue weighted by atomic mass is 16.6. The lowest BCUT2D eigenvalue weighted by Gasteiger charge is -2.26. The van der Waals surface area contributed by atoms with E-state index >= 15 is 0 Å². The summed E-state index contributed by atoms with van der Waals surface area (Å²) >= 11 is 0. The third-order valence-corrected chi connectivity index (χ3v) is 7.11. The van der Waals surface area contributed by atoms with Crippen molar-refractivity contribution >= 4 is 17.5 Å². The van der Waals surface area contributed by atoms with E-state index in [2.05, 4.69) is 47.0 Å². The van der Waals surface area contributed by atoms with Crippen molar-refractivity contribution in [3.8, 4) is 0 Å². The van der Waals surface area contributed by atoms with Crippen LogP contribution in [0.25, 0.3) is 0 Å². The Morgan fingerprint density at radius 3 is 2.67 bits per heavy atom. The maximum atomic E-state index is 12.3. The Morgan fingerprint density at radius 2 is 1.97 bits per heavy atom. The summed E-state index contributed by atoms with van der Waals surface area (Å²) in [5, 5.41) is 42.9. The maximum absolute atomic E-state index is 12.3. The number of aliphatic hydroxyl groups is 3. The lowest BCUT2D eigenvalue weighted by molar-refractivity contribution is -0.0460. The Morgan fingerprint density at radius 1 is 1.23 bits per heavy atom. The van der Waals surface area contributed by atoms with Crippen LogP contribution in [0.4, 0.5) is 16.3 Å². The van der Waals surface area contributed by atoms with Crippen LogP contribution in [-0.4, -0.2) is 93.6 Å². The van der Waals surface area contributed by atoms with Gasteiger partial charge in [0.1, 0.15) is 36.0 Å². The summed E-state index contributed by atoms with van der Waals surface area (Å²) in [5.74, 6) is 0.639. The van der Waals surface area contributed by atoms with Crippen molar-refractivity contribution in [3.05, 3.63) is 41.9 Å². The molecule has 2 aliphatic heterocycles. The topological polar surface area (TPSA) is 182 Å². The number of rotatable bonds is 10. The second kappa shape index (κ2) is 12.6. The zero-order chi connectivity index (χ0) is 28.2. The first-order valence-electron chi connectivity index (χ1n) is 13.4. The molecule has 1 fully saturated rings. The summed E-state index contributed by atoms with van der Waals surface area (Å²) in [6, 6.07) is 7.50. The number of nitrogens with one attached hydrogen (secondary N) is 4. The van der Waals surface area contributed by atoms with Crippen molar-refractivity contribution in [2.75, 3.05) is 50.1 Å². The minimum atomic E-state index is -1.17. The molecule has 39 heavy (non-hydrogen) atoms. The van der Waals surface area contributed by atoms with Gasteiger partial charge in [0.05, 0.1) is 19.6 Å². The number of amides is 2. The molecule has 1 unspecified atom stereocenters. The van der Waals surface area contributed by atoms with Gasteiger partial charge in [-0.2, -0.15) is 0 Å². The van der Waals surface area contributed by atoms with Gasteiger partial charge in [0, 0.05) is 31.9 Å². The monoisotopic (exact) mass is 546 g/mol. The molecular formula is C26H42N8O5. The number of hydrogen-bond acceptors (Lipinski definition) is 10. The van der Waals surface area contributed by atoms with Crippen LogP contribution in [0.15, 0.2) is 30.6 Å². The molecule has 2 amide bonds. The number of carbonyl (C=O) groups excluding carboxylic acids is 1. The molecular weight excluding hydrogens is 504 g/mol. The van der Waals surface area contributed by atoms with E-state index in [4.69, 9.17) is 10.5 Å². The van der Waals surface area contributed by atoms with Crippen LogP contribution in [0, 0.1) is 0 Å². The lowest BCUT2D eigenvalue weighted by atomic mass is 9.87. The van der Waals surface area contributed by atoms with E-state index in [-0.39, 0.29) is 18.1 Å². The van der Waals surface area contributed by atoms with Crippen LogP contribution in [0.1, 0.15) is 50.8 Å². The first-order valence-corrected chi connectivity index (χ1v) is 13.4. The van der Waals surface area contributed by atoms with E-state index in [0.717, 1.165) is 5.69 Å². The second-order valence-corrected chi connectivity index (χ2v) is 11.1. The first-order chi connectivity index (χ1) is 18.6. The average Bonchev–Trinajstić information content (AvgIpc) is 3.44.